The molecular weight excluding hydrogens is 560 g/mol. The molecule has 3 atom stereocenters. The average Bonchev–Trinajstić information content (AvgIpc) is 3.36. The van der Waals surface area contributed by atoms with Gasteiger partial charge in [-0.2, -0.15) is 4.31 Å². The van der Waals surface area contributed by atoms with Crippen LogP contribution in [0.1, 0.15) is 43.5 Å². The lowest BCUT2D eigenvalue weighted by atomic mass is 9.87. The van der Waals surface area contributed by atoms with Gasteiger partial charge in [-0.1, -0.05) is 99.1 Å². The number of nitrogens with one attached hydrogen (secondary N) is 1. The molecule has 0 saturated heterocycles. The van der Waals surface area contributed by atoms with Crippen LogP contribution in [0, 0.1) is 12.3 Å². The fourth-order valence-electron chi connectivity index (χ4n) is 5.11. The van der Waals surface area contributed by atoms with Crippen molar-refractivity contribution in [2.45, 2.75) is 57.1 Å². The molecule has 216 valence electrons. The van der Waals surface area contributed by atoms with Gasteiger partial charge in [0.1, 0.15) is 6.04 Å². The number of carbonyl (C=O) groups is 2. The van der Waals surface area contributed by atoms with Gasteiger partial charge >= 0.3 is 5.97 Å². The first-order valence-corrected chi connectivity index (χ1v) is 15.2. The van der Waals surface area contributed by atoms with Crippen molar-refractivity contribution in [3.05, 3.63) is 112 Å². The van der Waals surface area contributed by atoms with E-state index in [-0.39, 0.29) is 16.9 Å². The topological polar surface area (TPSA) is 92.8 Å². The number of esters is 1. The molecule has 1 amide bonds. The van der Waals surface area contributed by atoms with Gasteiger partial charge in [0.05, 0.1) is 18.0 Å². The summed E-state index contributed by atoms with van der Waals surface area (Å²) in [6, 6.07) is 20.3. The van der Waals surface area contributed by atoms with Crippen molar-refractivity contribution < 1.29 is 22.7 Å². The van der Waals surface area contributed by atoms with Gasteiger partial charge in [0.15, 0.2) is 0 Å². The first-order valence-electron chi connectivity index (χ1n) is 13.3. The second-order valence-electron chi connectivity index (χ2n) is 11.2. The van der Waals surface area contributed by atoms with Crippen molar-refractivity contribution >= 4 is 33.5 Å². The molecule has 3 unspecified atom stereocenters. The minimum absolute atomic E-state index is 0.166. The first kappa shape index (κ1) is 30.5. The van der Waals surface area contributed by atoms with Crippen LogP contribution in [-0.4, -0.2) is 43.8 Å². The standard InChI is InChI=1S/C32H35ClN2O5S/c1-21-11-9-10-14-27(21)41(38,39)35-28(32(2,3)4)20-25(29(35)23-15-17-24(33)18-16-23)30(36)34-26(31(37)40-5)19-22-12-7-6-8-13-22/h6-18,20,26,28-29H,19H2,1-5H3,(H,34,36). The Morgan fingerprint density at radius 2 is 1.59 bits per heavy atom. The van der Waals surface area contributed by atoms with Crippen LogP contribution in [0.4, 0.5) is 0 Å². The number of hydrogen-bond donors (Lipinski definition) is 1. The summed E-state index contributed by atoms with van der Waals surface area (Å²) in [5.41, 5.74) is 1.67. The Bertz CT molecular complexity index is 1550. The van der Waals surface area contributed by atoms with Gasteiger partial charge in [0.25, 0.3) is 0 Å². The Hall–Kier alpha value is -3.46. The third-order valence-electron chi connectivity index (χ3n) is 7.22. The molecule has 3 aromatic carbocycles. The van der Waals surface area contributed by atoms with Crippen molar-refractivity contribution in [1.82, 2.24) is 9.62 Å². The van der Waals surface area contributed by atoms with Crippen LogP contribution in [0.15, 0.2) is 95.4 Å². The highest BCUT2D eigenvalue weighted by molar-refractivity contribution is 7.89. The van der Waals surface area contributed by atoms with Crippen LogP contribution in [0.2, 0.25) is 5.02 Å². The van der Waals surface area contributed by atoms with E-state index >= 15 is 0 Å². The van der Waals surface area contributed by atoms with E-state index in [1.165, 1.54) is 11.4 Å². The van der Waals surface area contributed by atoms with Gasteiger partial charge in [0, 0.05) is 23.1 Å². The highest BCUT2D eigenvalue weighted by Gasteiger charge is 2.50. The maximum atomic E-state index is 14.4. The van der Waals surface area contributed by atoms with Crippen LogP contribution in [0.5, 0.6) is 0 Å². The monoisotopic (exact) mass is 594 g/mol. The van der Waals surface area contributed by atoms with E-state index in [1.807, 2.05) is 51.1 Å². The number of methoxy groups -OCH3 is 1. The van der Waals surface area contributed by atoms with Gasteiger partial charge in [-0.15, -0.1) is 0 Å². The molecule has 0 bridgehead atoms. The molecule has 0 radical (unpaired) electrons. The van der Waals surface area contributed by atoms with Crippen molar-refractivity contribution in [2.75, 3.05) is 7.11 Å². The number of rotatable bonds is 8. The fraction of sp³-hybridized carbons (Fsp3) is 0.312. The summed E-state index contributed by atoms with van der Waals surface area (Å²) >= 11 is 6.18. The molecule has 1 aliphatic rings. The maximum absolute atomic E-state index is 14.4. The molecule has 0 aromatic heterocycles. The van der Waals surface area contributed by atoms with E-state index in [9.17, 15) is 18.0 Å². The summed E-state index contributed by atoms with van der Waals surface area (Å²) in [7, 11) is -2.83. The summed E-state index contributed by atoms with van der Waals surface area (Å²) < 4.78 is 35.2. The molecule has 0 fully saturated rings. The van der Waals surface area contributed by atoms with Crippen molar-refractivity contribution in [1.29, 1.82) is 0 Å². The van der Waals surface area contributed by atoms with Crippen LogP contribution in [0.25, 0.3) is 0 Å². The summed E-state index contributed by atoms with van der Waals surface area (Å²) in [4.78, 5) is 26.9. The molecule has 41 heavy (non-hydrogen) atoms. The number of nitrogens with zero attached hydrogens (tertiary/aromatic N) is 1. The Kier molecular flexibility index (Phi) is 9.07. The third-order valence-corrected chi connectivity index (χ3v) is 9.48. The Morgan fingerprint density at radius 3 is 2.17 bits per heavy atom. The molecule has 1 N–H and O–H groups in total. The molecule has 0 spiro atoms. The molecule has 4 rings (SSSR count). The van der Waals surface area contributed by atoms with E-state index in [0.717, 1.165) is 5.56 Å². The number of aryl methyl sites for hydroxylation is 1. The van der Waals surface area contributed by atoms with E-state index in [4.69, 9.17) is 16.3 Å². The number of halogens is 1. The van der Waals surface area contributed by atoms with Crippen LogP contribution in [-0.2, 0) is 30.8 Å². The number of hydrogen-bond acceptors (Lipinski definition) is 5. The zero-order chi connectivity index (χ0) is 29.9. The molecular formula is C32H35ClN2O5S. The van der Waals surface area contributed by atoms with Crippen LogP contribution < -0.4 is 5.32 Å². The van der Waals surface area contributed by atoms with Gasteiger partial charge in [-0.3, -0.25) is 4.79 Å². The highest BCUT2D eigenvalue weighted by atomic mass is 35.5. The van der Waals surface area contributed by atoms with Gasteiger partial charge in [-0.25, -0.2) is 13.2 Å². The van der Waals surface area contributed by atoms with E-state index in [0.29, 0.717) is 16.1 Å². The third kappa shape index (κ3) is 6.56. The molecule has 0 aliphatic carbocycles. The first-order chi connectivity index (χ1) is 19.3. The minimum Gasteiger partial charge on any atom is -0.467 e. The molecule has 0 saturated carbocycles. The quantitative estimate of drug-likeness (QED) is 0.341. The zero-order valence-electron chi connectivity index (χ0n) is 23.8. The Balaban J connectivity index is 1.83. The molecule has 1 heterocycles. The lowest BCUT2D eigenvalue weighted by Crippen LogP contribution is -2.46. The second-order valence-corrected chi connectivity index (χ2v) is 13.5. The Morgan fingerprint density at radius 1 is 0.976 bits per heavy atom. The fourth-order valence-corrected chi connectivity index (χ4v) is 7.38. The van der Waals surface area contributed by atoms with E-state index < -0.39 is 45.4 Å². The summed E-state index contributed by atoms with van der Waals surface area (Å²) in [5.74, 6) is -1.14. The van der Waals surface area contributed by atoms with Crippen LogP contribution in [0.3, 0.4) is 0 Å². The number of carbonyl (C=O) groups excluding carboxylic acids is 2. The second kappa shape index (κ2) is 12.2. The van der Waals surface area contributed by atoms with Crippen molar-refractivity contribution in [2.24, 2.45) is 5.41 Å². The maximum Gasteiger partial charge on any atom is 0.328 e. The largest absolute Gasteiger partial charge is 0.467 e. The smallest absolute Gasteiger partial charge is 0.328 e. The summed E-state index contributed by atoms with van der Waals surface area (Å²) in [6.07, 6.45) is 1.92. The SMILES string of the molecule is COC(=O)C(Cc1ccccc1)NC(=O)C1=CC(C(C)(C)C)N(S(=O)(=O)c2ccccc2C)C1c1ccc(Cl)cc1. The molecule has 7 nitrogen and oxygen atoms in total. The summed E-state index contributed by atoms with van der Waals surface area (Å²) in [6.45, 7) is 7.54. The van der Waals surface area contributed by atoms with Crippen molar-refractivity contribution in [3.8, 4) is 0 Å². The van der Waals surface area contributed by atoms with E-state index in [2.05, 4.69) is 5.32 Å². The Labute approximate surface area is 247 Å². The number of sulfonamides is 1. The number of ether oxygens (including phenoxy) is 1. The molecule has 1 aliphatic heterocycles. The summed E-state index contributed by atoms with van der Waals surface area (Å²) in [5, 5.41) is 3.32. The lowest BCUT2D eigenvalue weighted by Gasteiger charge is -2.37. The predicted octanol–water partition coefficient (Wildman–Crippen LogP) is 5.64. The van der Waals surface area contributed by atoms with E-state index in [1.54, 1.807) is 61.5 Å². The minimum atomic E-state index is -4.10. The molecule has 9 heteroatoms. The van der Waals surface area contributed by atoms with Crippen LogP contribution >= 0.6 is 11.6 Å². The predicted molar refractivity (Wildman–Crippen MR) is 160 cm³/mol. The number of amides is 1. The lowest BCUT2D eigenvalue weighted by molar-refractivity contribution is -0.144. The van der Waals surface area contributed by atoms with Gasteiger partial charge < -0.3 is 10.1 Å². The highest BCUT2D eigenvalue weighted by Crippen LogP contribution is 2.46. The molecule has 3 aromatic rings. The normalized spacial score (nSPS) is 18.4. The average molecular weight is 595 g/mol. The van der Waals surface area contributed by atoms with Gasteiger partial charge in [-0.05, 0) is 47.2 Å². The number of benzene rings is 3. The zero-order valence-corrected chi connectivity index (χ0v) is 25.4. The van der Waals surface area contributed by atoms with Gasteiger partial charge in [0.2, 0.25) is 15.9 Å². The van der Waals surface area contributed by atoms with Crippen molar-refractivity contribution in [3.63, 3.8) is 0 Å².